The second-order valence-electron chi connectivity index (χ2n) is 5.96. The normalized spacial score (nSPS) is 17.5. The summed E-state index contributed by atoms with van der Waals surface area (Å²) in [4.78, 5) is 19.1. The van der Waals surface area contributed by atoms with Crippen LogP contribution in [0.1, 0.15) is 36.7 Å². The van der Waals surface area contributed by atoms with Crippen LogP contribution in [0, 0.1) is 5.82 Å². The average molecular weight is 331 g/mol. The number of rotatable bonds is 5. The molecule has 0 bridgehead atoms. The van der Waals surface area contributed by atoms with Crippen molar-refractivity contribution in [1.82, 2.24) is 14.5 Å². The van der Waals surface area contributed by atoms with Gasteiger partial charge in [0, 0.05) is 26.2 Å². The van der Waals surface area contributed by atoms with Crippen LogP contribution in [0.2, 0.25) is 0 Å². The van der Waals surface area contributed by atoms with Crippen LogP contribution in [-0.2, 0) is 29.2 Å². The summed E-state index contributed by atoms with van der Waals surface area (Å²) < 4.78 is 20.4. The highest BCUT2D eigenvalue weighted by atomic mass is 19.1. The molecule has 128 valence electrons. The Balaban J connectivity index is 1.84. The Labute approximate surface area is 141 Å². The van der Waals surface area contributed by atoms with E-state index in [1.165, 1.54) is 12.1 Å². The van der Waals surface area contributed by atoms with Gasteiger partial charge in [-0.25, -0.2) is 9.37 Å². The number of esters is 1. The molecule has 2 heterocycles. The van der Waals surface area contributed by atoms with Gasteiger partial charge in [-0.1, -0.05) is 12.1 Å². The molecule has 0 aliphatic carbocycles. The number of carbonyl (C=O) groups is 1. The molecule has 1 aromatic carbocycles. The summed E-state index contributed by atoms with van der Waals surface area (Å²) in [5, 5.41) is 0. The highest BCUT2D eigenvalue weighted by Gasteiger charge is 2.35. The number of hydrogen-bond donors (Lipinski definition) is 0. The molecule has 0 saturated heterocycles. The van der Waals surface area contributed by atoms with Crippen LogP contribution in [0.5, 0.6) is 0 Å². The summed E-state index contributed by atoms with van der Waals surface area (Å²) >= 11 is 0. The van der Waals surface area contributed by atoms with Crippen LogP contribution in [0.4, 0.5) is 4.39 Å². The third-order valence-electron chi connectivity index (χ3n) is 4.33. The standard InChI is InChI=1S/C18H22FN3O2/c1-3-22-12-20-16-11-21(9-13-5-7-14(19)8-6-13)10-15(17(16)22)18(23)24-4-2/h5-8,12,15H,3-4,9-11H2,1-2H3. The highest BCUT2D eigenvalue weighted by Crippen LogP contribution is 2.30. The van der Waals surface area contributed by atoms with Gasteiger partial charge in [0.2, 0.25) is 0 Å². The lowest BCUT2D eigenvalue weighted by Crippen LogP contribution is -2.38. The molecule has 1 atom stereocenters. The Hall–Kier alpha value is -2.21. The van der Waals surface area contributed by atoms with E-state index in [9.17, 15) is 9.18 Å². The third-order valence-corrected chi connectivity index (χ3v) is 4.33. The number of aryl methyl sites for hydroxylation is 1. The molecule has 0 fully saturated rings. The number of nitrogens with zero attached hydrogens (tertiary/aromatic N) is 3. The smallest absolute Gasteiger partial charge is 0.316 e. The fourth-order valence-corrected chi connectivity index (χ4v) is 3.23. The zero-order valence-electron chi connectivity index (χ0n) is 14.0. The molecule has 1 unspecified atom stereocenters. The van der Waals surface area contributed by atoms with Crippen molar-refractivity contribution in [3.63, 3.8) is 0 Å². The first-order chi connectivity index (χ1) is 11.6. The van der Waals surface area contributed by atoms with Crippen molar-refractivity contribution in [2.45, 2.75) is 39.4 Å². The van der Waals surface area contributed by atoms with Crippen LogP contribution >= 0.6 is 0 Å². The third kappa shape index (κ3) is 3.33. The van der Waals surface area contributed by atoms with Crippen molar-refractivity contribution in [1.29, 1.82) is 0 Å². The van der Waals surface area contributed by atoms with Gasteiger partial charge in [0.1, 0.15) is 11.7 Å². The summed E-state index contributed by atoms with van der Waals surface area (Å²) in [6, 6.07) is 6.46. The Morgan fingerprint density at radius 3 is 2.75 bits per heavy atom. The largest absolute Gasteiger partial charge is 0.465 e. The van der Waals surface area contributed by atoms with E-state index in [2.05, 4.69) is 9.88 Å². The summed E-state index contributed by atoms with van der Waals surface area (Å²) in [7, 11) is 0. The van der Waals surface area contributed by atoms with E-state index >= 15 is 0 Å². The minimum Gasteiger partial charge on any atom is -0.465 e. The van der Waals surface area contributed by atoms with Crippen molar-refractivity contribution >= 4 is 5.97 Å². The maximum atomic E-state index is 13.1. The van der Waals surface area contributed by atoms with Gasteiger partial charge in [-0.15, -0.1) is 0 Å². The zero-order chi connectivity index (χ0) is 17.1. The van der Waals surface area contributed by atoms with Gasteiger partial charge < -0.3 is 9.30 Å². The molecule has 5 nitrogen and oxygen atoms in total. The second-order valence-corrected chi connectivity index (χ2v) is 5.96. The summed E-state index contributed by atoms with van der Waals surface area (Å²) in [5.41, 5.74) is 2.90. The van der Waals surface area contributed by atoms with Gasteiger partial charge in [0.05, 0.1) is 24.3 Å². The van der Waals surface area contributed by atoms with Crippen LogP contribution in [0.25, 0.3) is 0 Å². The van der Waals surface area contributed by atoms with Crippen LogP contribution in [0.15, 0.2) is 30.6 Å². The van der Waals surface area contributed by atoms with Gasteiger partial charge in [-0.3, -0.25) is 9.69 Å². The number of hydrogen-bond acceptors (Lipinski definition) is 4. The first kappa shape index (κ1) is 16.6. The molecule has 1 aromatic heterocycles. The van der Waals surface area contributed by atoms with E-state index in [1.807, 2.05) is 18.4 Å². The molecule has 1 aliphatic heterocycles. The van der Waals surface area contributed by atoms with E-state index in [1.54, 1.807) is 18.5 Å². The monoisotopic (exact) mass is 331 g/mol. The fourth-order valence-electron chi connectivity index (χ4n) is 3.23. The van der Waals surface area contributed by atoms with Gasteiger partial charge in [-0.2, -0.15) is 0 Å². The predicted molar refractivity (Wildman–Crippen MR) is 87.8 cm³/mol. The van der Waals surface area contributed by atoms with Gasteiger partial charge >= 0.3 is 5.97 Å². The van der Waals surface area contributed by atoms with E-state index in [0.717, 1.165) is 23.5 Å². The molecule has 0 N–H and O–H groups in total. The van der Waals surface area contributed by atoms with Crippen molar-refractivity contribution < 1.29 is 13.9 Å². The average Bonchev–Trinajstić information content (AvgIpc) is 2.99. The lowest BCUT2D eigenvalue weighted by atomic mass is 9.97. The van der Waals surface area contributed by atoms with Crippen LogP contribution in [0.3, 0.4) is 0 Å². The maximum absolute atomic E-state index is 13.1. The minimum atomic E-state index is -0.336. The molecule has 6 heteroatoms. The summed E-state index contributed by atoms with van der Waals surface area (Å²) in [6.07, 6.45) is 1.79. The van der Waals surface area contributed by atoms with Gasteiger partial charge in [-0.05, 0) is 31.5 Å². The zero-order valence-corrected chi connectivity index (χ0v) is 14.0. The molecule has 2 aromatic rings. The summed E-state index contributed by atoms with van der Waals surface area (Å²) in [6.45, 7) is 6.89. The molecule has 0 saturated carbocycles. The Morgan fingerprint density at radius 1 is 1.33 bits per heavy atom. The molecular weight excluding hydrogens is 309 g/mol. The SMILES string of the molecule is CCOC(=O)C1CN(Cc2ccc(F)cc2)Cc2ncn(CC)c21. The van der Waals surface area contributed by atoms with E-state index in [4.69, 9.17) is 4.74 Å². The highest BCUT2D eigenvalue weighted by molar-refractivity contribution is 5.78. The lowest BCUT2D eigenvalue weighted by molar-refractivity contribution is -0.146. The second kappa shape index (κ2) is 7.13. The Kier molecular flexibility index (Phi) is 4.94. The molecule has 0 radical (unpaired) electrons. The quantitative estimate of drug-likeness (QED) is 0.791. The summed E-state index contributed by atoms with van der Waals surface area (Å²) in [5.74, 6) is -0.792. The number of ether oxygens (including phenoxy) is 1. The molecule has 1 aliphatic rings. The van der Waals surface area contributed by atoms with Gasteiger partial charge in [0.25, 0.3) is 0 Å². The van der Waals surface area contributed by atoms with E-state index in [0.29, 0.717) is 26.2 Å². The first-order valence-electron chi connectivity index (χ1n) is 8.29. The van der Waals surface area contributed by atoms with E-state index in [-0.39, 0.29) is 17.7 Å². The first-order valence-corrected chi connectivity index (χ1v) is 8.29. The number of halogens is 1. The number of carbonyl (C=O) groups excluding carboxylic acids is 1. The number of benzene rings is 1. The van der Waals surface area contributed by atoms with Crippen molar-refractivity contribution in [3.8, 4) is 0 Å². The fraction of sp³-hybridized carbons (Fsp3) is 0.444. The molecule has 24 heavy (non-hydrogen) atoms. The topological polar surface area (TPSA) is 47.4 Å². The molecule has 0 spiro atoms. The predicted octanol–water partition coefficient (Wildman–Crippen LogP) is 2.70. The lowest BCUT2D eigenvalue weighted by Gasteiger charge is -2.32. The number of aromatic nitrogens is 2. The van der Waals surface area contributed by atoms with Crippen molar-refractivity contribution in [2.75, 3.05) is 13.2 Å². The van der Waals surface area contributed by atoms with Gasteiger partial charge in [0.15, 0.2) is 0 Å². The van der Waals surface area contributed by atoms with Crippen LogP contribution in [-0.4, -0.2) is 33.6 Å². The molecular formula is C18H22FN3O2. The van der Waals surface area contributed by atoms with Crippen LogP contribution < -0.4 is 0 Å². The Bertz CT molecular complexity index is 712. The molecule has 0 amide bonds. The van der Waals surface area contributed by atoms with E-state index < -0.39 is 0 Å². The Morgan fingerprint density at radius 2 is 2.08 bits per heavy atom. The van der Waals surface area contributed by atoms with Crippen molar-refractivity contribution in [2.24, 2.45) is 0 Å². The number of fused-ring (bicyclic) bond motifs is 1. The number of imidazole rings is 1. The molecule has 3 rings (SSSR count). The minimum absolute atomic E-state index is 0.210. The maximum Gasteiger partial charge on any atom is 0.316 e. The van der Waals surface area contributed by atoms with Crippen molar-refractivity contribution in [3.05, 3.63) is 53.4 Å².